The Morgan fingerprint density at radius 3 is 2.67 bits per heavy atom. The molecular formula is C15H18BrNO2S2. The molecule has 21 heavy (non-hydrogen) atoms. The van der Waals surface area contributed by atoms with Gasteiger partial charge in [-0.3, -0.25) is 0 Å². The van der Waals surface area contributed by atoms with Gasteiger partial charge in [0.15, 0.2) is 9.84 Å². The van der Waals surface area contributed by atoms with Crippen LogP contribution in [-0.2, 0) is 16.3 Å². The topological polar surface area (TPSA) is 46.2 Å². The zero-order valence-corrected chi connectivity index (χ0v) is 15.2. The molecule has 3 nitrogen and oxygen atoms in total. The van der Waals surface area contributed by atoms with E-state index >= 15 is 0 Å². The number of thiophene rings is 1. The largest absolute Gasteiger partial charge is 0.310 e. The van der Waals surface area contributed by atoms with Crippen molar-refractivity contribution in [2.75, 3.05) is 12.8 Å². The predicted molar refractivity (Wildman–Crippen MR) is 91.7 cm³/mol. The second-order valence-corrected chi connectivity index (χ2v) is 8.82. The number of hydrogen-bond donors (Lipinski definition) is 1. The fraction of sp³-hybridized carbons (Fsp3) is 0.333. The van der Waals surface area contributed by atoms with Crippen LogP contribution in [0.2, 0.25) is 0 Å². The Bertz CT molecular complexity index is 710. The van der Waals surface area contributed by atoms with Gasteiger partial charge < -0.3 is 5.32 Å². The highest BCUT2D eigenvalue weighted by Crippen LogP contribution is 2.26. The average Bonchev–Trinajstić information content (AvgIpc) is 2.83. The van der Waals surface area contributed by atoms with Crippen LogP contribution in [-0.4, -0.2) is 21.2 Å². The second-order valence-electron chi connectivity index (χ2n) is 4.89. The average molecular weight is 388 g/mol. The maximum atomic E-state index is 11.7. The van der Waals surface area contributed by atoms with Gasteiger partial charge in [-0.15, -0.1) is 11.3 Å². The molecule has 0 saturated carbocycles. The van der Waals surface area contributed by atoms with E-state index in [1.807, 2.05) is 6.07 Å². The molecule has 0 fully saturated rings. The zero-order valence-electron chi connectivity index (χ0n) is 12.0. The molecular weight excluding hydrogens is 370 g/mol. The van der Waals surface area contributed by atoms with E-state index in [1.54, 1.807) is 29.5 Å². The third-order valence-electron chi connectivity index (χ3n) is 3.17. The van der Waals surface area contributed by atoms with Crippen molar-refractivity contribution < 1.29 is 8.42 Å². The van der Waals surface area contributed by atoms with Crippen molar-refractivity contribution in [2.24, 2.45) is 0 Å². The van der Waals surface area contributed by atoms with Gasteiger partial charge in [-0.25, -0.2) is 8.42 Å². The Hall–Kier alpha value is -0.690. The van der Waals surface area contributed by atoms with Crippen molar-refractivity contribution in [1.29, 1.82) is 0 Å². The molecule has 1 heterocycles. The molecule has 6 heteroatoms. The molecule has 0 aliphatic carbocycles. The molecule has 1 aromatic carbocycles. The first-order chi connectivity index (χ1) is 9.90. The maximum Gasteiger partial charge on any atom is 0.175 e. The van der Waals surface area contributed by atoms with Crippen LogP contribution >= 0.6 is 27.3 Å². The quantitative estimate of drug-likeness (QED) is 0.819. The van der Waals surface area contributed by atoms with Crippen LogP contribution in [0.15, 0.2) is 45.1 Å². The van der Waals surface area contributed by atoms with Gasteiger partial charge in [0.05, 0.1) is 4.90 Å². The molecule has 1 unspecified atom stereocenters. The Morgan fingerprint density at radius 2 is 2.10 bits per heavy atom. The lowest BCUT2D eigenvalue weighted by atomic mass is 10.0. The van der Waals surface area contributed by atoms with E-state index in [2.05, 4.69) is 39.6 Å². The first-order valence-corrected chi connectivity index (χ1v) is 10.2. The van der Waals surface area contributed by atoms with E-state index in [0.717, 1.165) is 23.0 Å². The van der Waals surface area contributed by atoms with Crippen molar-refractivity contribution in [2.45, 2.75) is 24.3 Å². The third kappa shape index (κ3) is 4.64. The minimum absolute atomic E-state index is 0.113. The summed E-state index contributed by atoms with van der Waals surface area (Å²) < 4.78 is 24.5. The second kappa shape index (κ2) is 7.05. The van der Waals surface area contributed by atoms with Crippen molar-refractivity contribution in [3.8, 4) is 0 Å². The zero-order chi connectivity index (χ0) is 15.5. The highest BCUT2D eigenvalue weighted by atomic mass is 79.9. The molecule has 0 aliphatic heterocycles. The van der Waals surface area contributed by atoms with E-state index in [-0.39, 0.29) is 6.04 Å². The summed E-state index contributed by atoms with van der Waals surface area (Å²) in [7, 11) is -3.18. The molecule has 0 aliphatic rings. The number of rotatable bonds is 6. The Labute approximate surface area is 138 Å². The van der Waals surface area contributed by atoms with Gasteiger partial charge in [0.25, 0.3) is 0 Å². The molecule has 1 atom stereocenters. The Morgan fingerprint density at radius 1 is 1.33 bits per heavy atom. The molecule has 0 bridgehead atoms. The minimum Gasteiger partial charge on any atom is -0.310 e. The lowest BCUT2D eigenvalue weighted by Gasteiger charge is -2.18. The number of sulfone groups is 1. The summed E-state index contributed by atoms with van der Waals surface area (Å²) in [6, 6.07) is 9.41. The molecule has 0 amide bonds. The monoisotopic (exact) mass is 387 g/mol. The van der Waals surface area contributed by atoms with Gasteiger partial charge in [-0.2, -0.15) is 0 Å². The number of hydrogen-bond acceptors (Lipinski definition) is 4. The van der Waals surface area contributed by atoms with Crippen LogP contribution < -0.4 is 5.32 Å². The maximum absolute atomic E-state index is 11.7. The summed E-state index contributed by atoms with van der Waals surface area (Å²) >= 11 is 5.17. The first kappa shape index (κ1) is 16.7. The van der Waals surface area contributed by atoms with Gasteiger partial charge in [0.1, 0.15) is 0 Å². The van der Waals surface area contributed by atoms with Gasteiger partial charge in [-0.1, -0.05) is 19.1 Å². The SMILES string of the molecule is CCNC(Cc1cc(Br)cs1)c1cccc(S(C)(=O)=O)c1. The van der Waals surface area contributed by atoms with Crippen molar-refractivity contribution in [3.05, 3.63) is 50.6 Å². The summed E-state index contributed by atoms with van der Waals surface area (Å²) in [6.07, 6.45) is 2.09. The number of benzene rings is 1. The molecule has 0 radical (unpaired) electrons. The third-order valence-corrected chi connectivity index (χ3v) is 6.00. The van der Waals surface area contributed by atoms with Crippen LogP contribution in [0.5, 0.6) is 0 Å². The van der Waals surface area contributed by atoms with Crippen LogP contribution in [0.3, 0.4) is 0 Å². The van der Waals surface area contributed by atoms with Crippen LogP contribution in [0.25, 0.3) is 0 Å². The molecule has 1 N–H and O–H groups in total. The standard InChI is InChI=1S/C15H18BrNO2S2/c1-3-17-15(9-13-8-12(16)10-20-13)11-5-4-6-14(7-11)21(2,18)19/h4-8,10,15,17H,3,9H2,1-2H3. The van der Waals surface area contributed by atoms with Gasteiger partial charge >= 0.3 is 0 Å². The van der Waals surface area contributed by atoms with Crippen molar-refractivity contribution >= 4 is 37.1 Å². The molecule has 1 aromatic heterocycles. The summed E-state index contributed by atoms with van der Waals surface area (Å²) in [6.45, 7) is 2.89. The number of likely N-dealkylation sites (N-methyl/N-ethyl adjacent to an activating group) is 1. The van der Waals surface area contributed by atoms with Crippen LogP contribution in [0.4, 0.5) is 0 Å². The van der Waals surface area contributed by atoms with E-state index in [9.17, 15) is 8.42 Å². The first-order valence-electron chi connectivity index (χ1n) is 6.66. The fourth-order valence-electron chi connectivity index (χ4n) is 2.18. The Kier molecular flexibility index (Phi) is 5.60. The fourth-order valence-corrected chi connectivity index (χ4v) is 4.35. The van der Waals surface area contributed by atoms with E-state index in [1.165, 1.54) is 11.1 Å². The normalized spacial score (nSPS) is 13.3. The van der Waals surface area contributed by atoms with E-state index < -0.39 is 9.84 Å². The van der Waals surface area contributed by atoms with Gasteiger partial charge in [0.2, 0.25) is 0 Å². The minimum atomic E-state index is -3.18. The van der Waals surface area contributed by atoms with E-state index in [4.69, 9.17) is 0 Å². The molecule has 2 rings (SSSR count). The van der Waals surface area contributed by atoms with Crippen LogP contribution in [0.1, 0.15) is 23.4 Å². The van der Waals surface area contributed by atoms with Crippen molar-refractivity contribution in [1.82, 2.24) is 5.32 Å². The number of halogens is 1. The highest BCUT2D eigenvalue weighted by molar-refractivity contribution is 9.10. The Balaban J connectivity index is 2.29. The lowest BCUT2D eigenvalue weighted by molar-refractivity contribution is 0.551. The predicted octanol–water partition coefficient (Wildman–Crippen LogP) is 3.81. The lowest BCUT2D eigenvalue weighted by Crippen LogP contribution is -2.22. The highest BCUT2D eigenvalue weighted by Gasteiger charge is 2.15. The molecule has 114 valence electrons. The molecule has 0 saturated heterocycles. The summed E-state index contributed by atoms with van der Waals surface area (Å²) in [5.74, 6) is 0. The summed E-state index contributed by atoms with van der Waals surface area (Å²) in [5.41, 5.74) is 1.00. The van der Waals surface area contributed by atoms with Gasteiger partial charge in [0, 0.05) is 33.4 Å². The molecule has 2 aromatic rings. The van der Waals surface area contributed by atoms with Crippen LogP contribution in [0, 0.1) is 0 Å². The molecule has 0 spiro atoms. The van der Waals surface area contributed by atoms with Crippen molar-refractivity contribution in [3.63, 3.8) is 0 Å². The summed E-state index contributed by atoms with van der Waals surface area (Å²) in [4.78, 5) is 1.63. The summed E-state index contributed by atoms with van der Waals surface area (Å²) in [5, 5.41) is 5.49. The van der Waals surface area contributed by atoms with E-state index in [0.29, 0.717) is 4.90 Å². The smallest absolute Gasteiger partial charge is 0.175 e. The van der Waals surface area contributed by atoms with Gasteiger partial charge in [-0.05, 0) is 46.2 Å². The number of nitrogens with one attached hydrogen (secondary N) is 1.